The minimum Gasteiger partial charge on any atom is -0.444 e. The molecule has 2 aromatic heterocycles. The van der Waals surface area contributed by atoms with Crippen molar-refractivity contribution in [1.82, 2.24) is 29.4 Å². The molecule has 12 nitrogen and oxygen atoms in total. The van der Waals surface area contributed by atoms with Crippen LogP contribution in [0.3, 0.4) is 0 Å². The molecule has 2 N–H and O–H groups in total. The smallest absolute Gasteiger partial charge is 0.416 e. The molecule has 3 aromatic rings. The number of allylic oxidation sites excluding steroid dienone is 1. The number of ether oxygens (including phenoxy) is 1. The predicted octanol–water partition coefficient (Wildman–Crippen LogP) is 4.44. The van der Waals surface area contributed by atoms with Gasteiger partial charge in [0.1, 0.15) is 17.8 Å². The Kier molecular flexibility index (Phi) is 8.96. The molecule has 0 saturated carbocycles. The number of anilines is 2. The first-order valence-corrected chi connectivity index (χ1v) is 16.3. The number of amides is 2. The zero-order chi connectivity index (χ0) is 34.5. The molecule has 2 unspecified atom stereocenters. The molecule has 3 aliphatic rings. The Morgan fingerprint density at radius 2 is 1.88 bits per heavy atom. The summed E-state index contributed by atoms with van der Waals surface area (Å²) in [4.78, 5) is 48.6. The Balaban J connectivity index is 1.33. The SMILES string of the molecule is CCc1c(N2CCNCC2)c(=O)n2nc(C3=CC4CN(C(=O)OC(C)(C)C)CC4C3)nc2n1CC(=O)Nc1ccc(C(F)(F)F)cc1Cl. The molecule has 2 fully saturated rings. The second-order valence-corrected chi connectivity index (χ2v) is 13.8. The molecule has 2 aliphatic heterocycles. The Hall–Kier alpha value is -4.11. The van der Waals surface area contributed by atoms with Crippen LogP contribution >= 0.6 is 11.6 Å². The summed E-state index contributed by atoms with van der Waals surface area (Å²) < 4.78 is 47.9. The number of nitrogens with one attached hydrogen (secondary N) is 2. The third kappa shape index (κ3) is 6.75. The van der Waals surface area contributed by atoms with E-state index in [0.717, 1.165) is 23.8 Å². The molecule has 2 atom stereocenters. The molecular weight excluding hydrogens is 653 g/mol. The monoisotopic (exact) mass is 690 g/mol. The van der Waals surface area contributed by atoms with Crippen LogP contribution in [0.5, 0.6) is 0 Å². The number of nitrogens with zero attached hydrogens (tertiary/aromatic N) is 6. The highest BCUT2D eigenvalue weighted by molar-refractivity contribution is 6.33. The van der Waals surface area contributed by atoms with Crippen LogP contribution in [0.25, 0.3) is 11.4 Å². The average molecular weight is 691 g/mol. The number of fused-ring (bicyclic) bond motifs is 2. The molecule has 1 aliphatic carbocycles. The van der Waals surface area contributed by atoms with Crippen molar-refractivity contribution in [3.63, 3.8) is 0 Å². The van der Waals surface area contributed by atoms with Gasteiger partial charge in [-0.15, -0.1) is 5.10 Å². The molecule has 48 heavy (non-hydrogen) atoms. The molecule has 0 spiro atoms. The lowest BCUT2D eigenvalue weighted by Gasteiger charge is -2.31. The topological polar surface area (TPSA) is 126 Å². The minimum atomic E-state index is -4.58. The van der Waals surface area contributed by atoms with E-state index in [1.165, 1.54) is 4.52 Å². The Morgan fingerprint density at radius 1 is 1.15 bits per heavy atom. The molecule has 0 radical (unpaired) electrons. The minimum absolute atomic E-state index is 0.0253. The number of piperazine rings is 1. The molecule has 0 bridgehead atoms. The van der Waals surface area contributed by atoms with Crippen LogP contribution in [0.4, 0.5) is 29.3 Å². The first-order chi connectivity index (χ1) is 22.6. The molecule has 2 saturated heterocycles. The zero-order valence-electron chi connectivity index (χ0n) is 27.2. The maximum absolute atomic E-state index is 14.0. The predicted molar refractivity (Wildman–Crippen MR) is 174 cm³/mol. The van der Waals surface area contributed by atoms with Gasteiger partial charge in [-0.05, 0) is 63.3 Å². The molecular formula is C32H38ClF3N8O4. The van der Waals surface area contributed by atoms with Crippen molar-refractivity contribution in [1.29, 1.82) is 0 Å². The van der Waals surface area contributed by atoms with Crippen molar-refractivity contribution in [2.24, 2.45) is 11.8 Å². The van der Waals surface area contributed by atoms with Crippen LogP contribution in [0.2, 0.25) is 5.02 Å². The van der Waals surface area contributed by atoms with Crippen molar-refractivity contribution < 1.29 is 27.5 Å². The maximum Gasteiger partial charge on any atom is 0.416 e. The van der Waals surface area contributed by atoms with E-state index >= 15 is 0 Å². The highest BCUT2D eigenvalue weighted by Gasteiger charge is 2.41. The van der Waals surface area contributed by atoms with Gasteiger partial charge in [0.2, 0.25) is 11.7 Å². The van der Waals surface area contributed by atoms with E-state index in [0.29, 0.717) is 69.3 Å². The summed E-state index contributed by atoms with van der Waals surface area (Å²) in [5, 5.41) is 10.3. The van der Waals surface area contributed by atoms with Crippen LogP contribution in [0, 0.1) is 11.8 Å². The third-order valence-corrected chi connectivity index (χ3v) is 9.11. The van der Waals surface area contributed by atoms with Gasteiger partial charge >= 0.3 is 12.3 Å². The molecule has 16 heteroatoms. The summed E-state index contributed by atoms with van der Waals surface area (Å²) in [7, 11) is 0. The van der Waals surface area contributed by atoms with E-state index in [2.05, 4.69) is 21.8 Å². The van der Waals surface area contributed by atoms with Gasteiger partial charge in [-0.2, -0.15) is 22.7 Å². The van der Waals surface area contributed by atoms with Gasteiger partial charge in [0, 0.05) is 45.2 Å². The number of hydrogen-bond acceptors (Lipinski definition) is 8. The summed E-state index contributed by atoms with van der Waals surface area (Å²) in [6.45, 7) is 10.6. The number of alkyl halides is 3. The van der Waals surface area contributed by atoms with Gasteiger partial charge in [0.15, 0.2) is 5.82 Å². The Labute approximate surface area is 279 Å². The normalized spacial score (nSPS) is 19.9. The van der Waals surface area contributed by atoms with Crippen LogP contribution < -0.4 is 21.1 Å². The number of likely N-dealkylation sites (tertiary alicyclic amines) is 1. The van der Waals surface area contributed by atoms with Gasteiger partial charge < -0.3 is 29.7 Å². The van der Waals surface area contributed by atoms with Gasteiger partial charge in [-0.3, -0.25) is 9.59 Å². The van der Waals surface area contributed by atoms with Gasteiger partial charge in [-0.1, -0.05) is 24.6 Å². The van der Waals surface area contributed by atoms with Crippen LogP contribution in [0.1, 0.15) is 51.2 Å². The largest absolute Gasteiger partial charge is 0.444 e. The lowest BCUT2D eigenvalue weighted by atomic mass is 10.00. The average Bonchev–Trinajstić information content (AvgIpc) is 3.72. The van der Waals surface area contributed by atoms with Crippen molar-refractivity contribution in [3.8, 4) is 0 Å². The number of carbonyl (C=O) groups excluding carboxylic acids is 2. The summed E-state index contributed by atoms with van der Waals surface area (Å²) >= 11 is 6.12. The maximum atomic E-state index is 14.0. The van der Waals surface area contributed by atoms with E-state index in [4.69, 9.17) is 21.3 Å². The fraction of sp³-hybridized carbons (Fsp3) is 0.531. The first kappa shape index (κ1) is 33.8. The number of aromatic nitrogens is 4. The van der Waals surface area contributed by atoms with Crippen molar-refractivity contribution in [2.75, 3.05) is 49.5 Å². The fourth-order valence-electron chi connectivity index (χ4n) is 6.63. The third-order valence-electron chi connectivity index (χ3n) is 8.79. The molecule has 258 valence electrons. The van der Waals surface area contributed by atoms with Crippen molar-refractivity contribution in [3.05, 3.63) is 56.7 Å². The second kappa shape index (κ2) is 12.7. The van der Waals surface area contributed by atoms with Crippen molar-refractivity contribution >= 4 is 46.3 Å². The Morgan fingerprint density at radius 3 is 2.50 bits per heavy atom. The van der Waals surface area contributed by atoms with E-state index in [1.807, 2.05) is 32.6 Å². The van der Waals surface area contributed by atoms with E-state index in [9.17, 15) is 27.6 Å². The van der Waals surface area contributed by atoms with Crippen LogP contribution in [0.15, 0.2) is 29.1 Å². The number of benzene rings is 1. The molecule has 1 aromatic carbocycles. The zero-order valence-corrected chi connectivity index (χ0v) is 27.9. The van der Waals surface area contributed by atoms with Gasteiger partial charge in [-0.25, -0.2) is 4.79 Å². The molecule has 6 rings (SSSR count). The van der Waals surface area contributed by atoms with E-state index < -0.39 is 23.2 Å². The molecule has 4 heterocycles. The van der Waals surface area contributed by atoms with E-state index in [-0.39, 0.29) is 46.5 Å². The second-order valence-electron chi connectivity index (χ2n) is 13.4. The van der Waals surface area contributed by atoms with Crippen molar-refractivity contribution in [2.45, 2.75) is 58.9 Å². The lowest BCUT2D eigenvalue weighted by molar-refractivity contribution is -0.137. The van der Waals surface area contributed by atoms with Crippen LogP contribution in [-0.4, -0.2) is 80.9 Å². The van der Waals surface area contributed by atoms with Gasteiger partial charge in [0.05, 0.1) is 22.0 Å². The van der Waals surface area contributed by atoms with Gasteiger partial charge in [0.25, 0.3) is 5.56 Å². The van der Waals surface area contributed by atoms with E-state index in [1.54, 1.807) is 9.47 Å². The lowest BCUT2D eigenvalue weighted by Crippen LogP contribution is -2.47. The summed E-state index contributed by atoms with van der Waals surface area (Å²) in [5.74, 6) is 0.210. The number of hydrogen-bond donors (Lipinski definition) is 2. The number of carbonyl (C=O) groups is 2. The summed E-state index contributed by atoms with van der Waals surface area (Å²) in [5.41, 5.74) is 0.0217. The fourth-order valence-corrected chi connectivity index (χ4v) is 6.86. The summed E-state index contributed by atoms with van der Waals surface area (Å²) in [6, 6.07) is 2.72. The standard InChI is InChI=1S/C32H38ClF3N8O4/c1-5-24-26(41-10-8-37-9-11-41)28(46)44-29(43(24)17-25(45)38-23-7-6-21(14-22(23)33)32(34,35)36)39-27(40-44)18-12-19-15-42(16-20(19)13-18)30(47)48-31(2,3)4/h6-7,12,14,19-20,37H,5,8-11,13,15-17H2,1-4H3,(H,38,45). The highest BCUT2D eigenvalue weighted by Crippen LogP contribution is 2.41. The Bertz CT molecular complexity index is 1840. The number of rotatable bonds is 6. The highest BCUT2D eigenvalue weighted by atomic mass is 35.5. The first-order valence-electron chi connectivity index (χ1n) is 16.0. The quantitative estimate of drug-likeness (QED) is 0.389. The van der Waals surface area contributed by atoms with Crippen LogP contribution in [-0.2, 0) is 28.7 Å². The summed E-state index contributed by atoms with van der Waals surface area (Å²) in [6.07, 6.45) is -1.88. The molecule has 2 amide bonds. The number of halogens is 4.